The summed E-state index contributed by atoms with van der Waals surface area (Å²) in [4.78, 5) is 14.7. The van der Waals surface area contributed by atoms with Crippen LogP contribution in [0.25, 0.3) is 0 Å². The maximum absolute atomic E-state index is 11.9. The summed E-state index contributed by atoms with van der Waals surface area (Å²) < 4.78 is 23.7. The molecule has 0 saturated carbocycles. The Morgan fingerprint density at radius 2 is 2.00 bits per heavy atom. The van der Waals surface area contributed by atoms with Crippen LogP contribution in [0.1, 0.15) is 20.3 Å². The Labute approximate surface area is 137 Å². The van der Waals surface area contributed by atoms with Crippen LogP contribution in [0.5, 0.6) is 0 Å². The highest BCUT2D eigenvalue weighted by Crippen LogP contribution is 2.31. The summed E-state index contributed by atoms with van der Waals surface area (Å²) in [5.41, 5.74) is 0.362. The molecule has 7 nitrogen and oxygen atoms in total. The van der Waals surface area contributed by atoms with E-state index in [1.165, 1.54) is 12.1 Å². The van der Waals surface area contributed by atoms with Crippen molar-refractivity contribution in [2.24, 2.45) is 0 Å². The summed E-state index contributed by atoms with van der Waals surface area (Å²) in [6.45, 7) is 7.83. The van der Waals surface area contributed by atoms with Gasteiger partial charge in [0.1, 0.15) is 4.90 Å². The summed E-state index contributed by atoms with van der Waals surface area (Å²) in [5, 5.41) is 11.0. The molecule has 0 amide bonds. The van der Waals surface area contributed by atoms with Crippen molar-refractivity contribution in [3.63, 3.8) is 0 Å². The number of rotatable bonds is 6. The third-order valence-corrected chi connectivity index (χ3v) is 5.52. The summed E-state index contributed by atoms with van der Waals surface area (Å²) in [6, 6.07) is 4.79. The lowest BCUT2D eigenvalue weighted by Crippen LogP contribution is -2.37. The van der Waals surface area contributed by atoms with Gasteiger partial charge in [-0.25, -0.2) is 8.42 Å². The monoisotopic (exact) mass is 341 g/mol. The van der Waals surface area contributed by atoms with Gasteiger partial charge >= 0.3 is 0 Å². The first-order valence-electron chi connectivity index (χ1n) is 7.75. The zero-order chi connectivity index (χ0) is 17.2. The first kappa shape index (κ1) is 17.7. The SMILES string of the molecule is CCN(CC)C1CCN(c2ccc([N+](=O)[O-])c(S(C)(=O)=O)c2)C1. The summed E-state index contributed by atoms with van der Waals surface area (Å²) in [6.07, 6.45) is 2.01. The molecule has 2 rings (SSSR count). The molecule has 23 heavy (non-hydrogen) atoms. The van der Waals surface area contributed by atoms with Crippen molar-refractivity contribution < 1.29 is 13.3 Å². The molecule has 1 heterocycles. The molecule has 1 unspecified atom stereocenters. The van der Waals surface area contributed by atoms with Gasteiger partial charge in [0, 0.05) is 37.1 Å². The highest BCUT2D eigenvalue weighted by Gasteiger charge is 2.29. The highest BCUT2D eigenvalue weighted by molar-refractivity contribution is 7.90. The Bertz CT molecular complexity index is 686. The van der Waals surface area contributed by atoms with Gasteiger partial charge in [0.25, 0.3) is 5.69 Å². The van der Waals surface area contributed by atoms with Crippen LogP contribution in [0.2, 0.25) is 0 Å². The van der Waals surface area contributed by atoms with Gasteiger partial charge in [-0.05, 0) is 31.6 Å². The zero-order valence-electron chi connectivity index (χ0n) is 13.7. The van der Waals surface area contributed by atoms with E-state index in [-0.39, 0.29) is 10.6 Å². The maximum atomic E-state index is 11.9. The molecule has 0 aromatic heterocycles. The highest BCUT2D eigenvalue weighted by atomic mass is 32.2. The Morgan fingerprint density at radius 3 is 2.52 bits per heavy atom. The van der Waals surface area contributed by atoms with Crippen molar-refractivity contribution in [1.82, 2.24) is 4.90 Å². The molecule has 0 bridgehead atoms. The van der Waals surface area contributed by atoms with E-state index in [0.717, 1.165) is 44.5 Å². The Balaban J connectivity index is 2.30. The molecule has 1 aromatic carbocycles. The van der Waals surface area contributed by atoms with Crippen molar-refractivity contribution in [3.8, 4) is 0 Å². The second-order valence-corrected chi connectivity index (χ2v) is 7.78. The molecule has 1 saturated heterocycles. The van der Waals surface area contributed by atoms with Gasteiger partial charge in [-0.2, -0.15) is 0 Å². The smallest absolute Gasteiger partial charge is 0.288 e. The molecule has 1 aliphatic heterocycles. The summed E-state index contributed by atoms with van der Waals surface area (Å²) in [5.74, 6) is 0. The van der Waals surface area contributed by atoms with E-state index >= 15 is 0 Å². The van der Waals surface area contributed by atoms with Crippen LogP contribution in [0.3, 0.4) is 0 Å². The summed E-state index contributed by atoms with van der Waals surface area (Å²) >= 11 is 0. The van der Waals surface area contributed by atoms with E-state index in [9.17, 15) is 18.5 Å². The minimum Gasteiger partial charge on any atom is -0.370 e. The summed E-state index contributed by atoms with van der Waals surface area (Å²) in [7, 11) is -3.65. The predicted molar refractivity (Wildman–Crippen MR) is 89.7 cm³/mol. The van der Waals surface area contributed by atoms with Crippen LogP contribution in [-0.4, -0.2) is 56.7 Å². The number of benzene rings is 1. The molecule has 8 heteroatoms. The predicted octanol–water partition coefficient (Wildman–Crippen LogP) is 1.92. The minimum absolute atomic E-state index is 0.216. The van der Waals surface area contributed by atoms with Crippen LogP contribution in [0.15, 0.2) is 23.1 Å². The van der Waals surface area contributed by atoms with E-state index in [2.05, 4.69) is 23.6 Å². The van der Waals surface area contributed by atoms with Crippen molar-refractivity contribution in [3.05, 3.63) is 28.3 Å². The number of anilines is 1. The molecule has 1 aliphatic rings. The molecule has 1 atom stereocenters. The van der Waals surface area contributed by atoms with Gasteiger partial charge in [-0.3, -0.25) is 15.0 Å². The number of likely N-dealkylation sites (N-methyl/N-ethyl adjacent to an activating group) is 1. The van der Waals surface area contributed by atoms with Crippen LogP contribution >= 0.6 is 0 Å². The second-order valence-electron chi connectivity index (χ2n) is 5.79. The first-order valence-corrected chi connectivity index (χ1v) is 9.64. The number of sulfone groups is 1. The number of hydrogen-bond donors (Lipinski definition) is 0. The standard InChI is InChI=1S/C15H23N3O4S/c1-4-16(5-2)13-8-9-17(11-13)12-6-7-14(18(19)20)15(10-12)23(3,21)22/h6-7,10,13H,4-5,8-9,11H2,1-3H3. The quantitative estimate of drug-likeness (QED) is 0.580. The average molecular weight is 341 g/mol. The number of nitrogens with zero attached hydrogens (tertiary/aromatic N) is 3. The average Bonchev–Trinajstić information content (AvgIpc) is 2.96. The Morgan fingerprint density at radius 1 is 1.35 bits per heavy atom. The molecule has 0 radical (unpaired) electrons. The largest absolute Gasteiger partial charge is 0.370 e. The fourth-order valence-electron chi connectivity index (χ4n) is 3.16. The van der Waals surface area contributed by atoms with Gasteiger partial charge in [-0.1, -0.05) is 13.8 Å². The van der Waals surface area contributed by atoms with Crippen molar-refractivity contribution >= 4 is 21.2 Å². The molecule has 1 aromatic rings. The van der Waals surface area contributed by atoms with Gasteiger partial charge in [-0.15, -0.1) is 0 Å². The number of hydrogen-bond acceptors (Lipinski definition) is 6. The molecule has 0 aliphatic carbocycles. The zero-order valence-corrected chi connectivity index (χ0v) is 14.5. The van der Waals surface area contributed by atoms with Gasteiger partial charge in [0.15, 0.2) is 9.84 Å². The molecule has 0 N–H and O–H groups in total. The number of nitro groups is 1. The molecule has 0 spiro atoms. The van der Waals surface area contributed by atoms with Crippen molar-refractivity contribution in [1.29, 1.82) is 0 Å². The fourth-order valence-corrected chi connectivity index (χ4v) is 4.02. The van der Waals surface area contributed by atoms with Crippen molar-refractivity contribution in [2.75, 3.05) is 37.3 Å². The van der Waals surface area contributed by atoms with E-state index in [1.54, 1.807) is 6.07 Å². The lowest BCUT2D eigenvalue weighted by Gasteiger charge is -2.26. The topological polar surface area (TPSA) is 83.8 Å². The number of nitro benzene ring substituents is 1. The minimum atomic E-state index is -3.65. The van der Waals surface area contributed by atoms with Gasteiger partial charge in [0.2, 0.25) is 0 Å². The normalized spacial score (nSPS) is 18.6. The fraction of sp³-hybridized carbons (Fsp3) is 0.600. The second kappa shape index (κ2) is 6.84. The van der Waals surface area contributed by atoms with E-state index in [4.69, 9.17) is 0 Å². The third kappa shape index (κ3) is 3.81. The molecular weight excluding hydrogens is 318 g/mol. The van der Waals surface area contributed by atoms with Crippen LogP contribution in [0.4, 0.5) is 11.4 Å². The van der Waals surface area contributed by atoms with Crippen LogP contribution < -0.4 is 4.90 Å². The van der Waals surface area contributed by atoms with E-state index in [1.807, 2.05) is 0 Å². The molecule has 1 fully saturated rings. The van der Waals surface area contributed by atoms with Crippen LogP contribution in [0, 0.1) is 10.1 Å². The van der Waals surface area contributed by atoms with E-state index < -0.39 is 14.8 Å². The Kier molecular flexibility index (Phi) is 5.26. The lowest BCUT2D eigenvalue weighted by atomic mass is 10.2. The van der Waals surface area contributed by atoms with Gasteiger partial charge in [0.05, 0.1) is 4.92 Å². The van der Waals surface area contributed by atoms with E-state index in [0.29, 0.717) is 6.04 Å². The van der Waals surface area contributed by atoms with Crippen LogP contribution in [-0.2, 0) is 9.84 Å². The van der Waals surface area contributed by atoms with Gasteiger partial charge < -0.3 is 4.90 Å². The molecular formula is C15H23N3O4S. The third-order valence-electron chi connectivity index (χ3n) is 4.40. The van der Waals surface area contributed by atoms with Crippen molar-refractivity contribution in [2.45, 2.75) is 31.2 Å². The Hall–Kier alpha value is -1.67. The maximum Gasteiger partial charge on any atom is 0.288 e. The molecule has 128 valence electrons. The first-order chi connectivity index (χ1) is 10.8. The lowest BCUT2D eigenvalue weighted by molar-refractivity contribution is -0.387.